The maximum atomic E-state index is 14.0. The van der Waals surface area contributed by atoms with Gasteiger partial charge < -0.3 is 19.2 Å². The fraction of sp³-hybridized carbons (Fsp3) is 0.520. The Kier molecular flexibility index (Phi) is 9.29. The number of rotatable bonds is 9. The molecule has 0 aromatic carbocycles. The molecular weight excluding hydrogens is 545 g/mol. The summed E-state index contributed by atoms with van der Waals surface area (Å²) in [6.45, 7) is 16.6. The molecule has 0 aliphatic rings. The highest BCUT2D eigenvalue weighted by atomic mass is 35.5. The molecule has 0 bridgehead atoms. The highest BCUT2D eigenvalue weighted by Crippen LogP contribution is 2.36. The van der Waals surface area contributed by atoms with Crippen molar-refractivity contribution in [2.75, 3.05) is 6.61 Å². The Morgan fingerprint density at radius 1 is 1.15 bits per heavy atom. The maximum Gasteiger partial charge on any atom is 0.407 e. The van der Waals surface area contributed by atoms with Crippen LogP contribution in [0.5, 0.6) is 11.6 Å². The topological polar surface area (TPSA) is 126 Å². The Hall–Kier alpha value is -3.16. The summed E-state index contributed by atoms with van der Waals surface area (Å²) in [5.41, 5.74) is -0.0454. The van der Waals surface area contributed by atoms with Crippen LogP contribution in [0.3, 0.4) is 0 Å². The lowest BCUT2D eigenvalue weighted by molar-refractivity contribution is 0.0427. The molecule has 0 saturated carbocycles. The lowest BCUT2D eigenvalue weighted by atomic mass is 10.1. The molecule has 0 unspecified atom stereocenters. The Labute approximate surface area is 233 Å². The molecular formula is C25H35ClFN7O4Si. The first-order chi connectivity index (χ1) is 18.0. The minimum absolute atomic E-state index is 0.0131. The van der Waals surface area contributed by atoms with Crippen molar-refractivity contribution < 1.29 is 23.1 Å². The molecule has 1 N–H and O–H groups in total. The van der Waals surface area contributed by atoms with Crippen LogP contribution in [-0.4, -0.2) is 62.8 Å². The van der Waals surface area contributed by atoms with E-state index >= 15 is 0 Å². The van der Waals surface area contributed by atoms with E-state index in [1.807, 2.05) is 20.8 Å². The van der Waals surface area contributed by atoms with E-state index in [1.54, 1.807) is 12.1 Å². The normalized spacial score (nSPS) is 13.2. The highest BCUT2D eigenvalue weighted by molar-refractivity contribution is 6.74. The first-order valence-corrected chi connectivity index (χ1v) is 15.7. The Morgan fingerprint density at radius 2 is 1.87 bits per heavy atom. The van der Waals surface area contributed by atoms with Crippen molar-refractivity contribution in [3.63, 3.8) is 0 Å². The molecule has 0 spiro atoms. The number of hydrogen-bond donors (Lipinski definition) is 1. The summed E-state index contributed by atoms with van der Waals surface area (Å²) in [5, 5.41) is 15.5. The number of carbonyl (C=O) groups excluding carboxylic acids is 1. The number of halogens is 2. The second-order valence-corrected chi connectivity index (χ2v) is 16.8. The molecule has 0 radical (unpaired) electrons. The Balaban J connectivity index is 1.71. The lowest BCUT2D eigenvalue weighted by Gasteiger charge is -2.37. The first-order valence-electron chi connectivity index (χ1n) is 12.4. The summed E-state index contributed by atoms with van der Waals surface area (Å²) >= 11 is 5.72. The molecule has 212 valence electrons. The van der Waals surface area contributed by atoms with Gasteiger partial charge in [0, 0.05) is 11.7 Å². The van der Waals surface area contributed by atoms with Crippen molar-refractivity contribution in [3.05, 3.63) is 41.4 Å². The van der Waals surface area contributed by atoms with Crippen molar-refractivity contribution in [1.82, 2.24) is 35.5 Å². The molecule has 3 aromatic rings. The van der Waals surface area contributed by atoms with Crippen LogP contribution in [0.2, 0.25) is 23.2 Å². The second kappa shape index (κ2) is 11.9. The quantitative estimate of drug-likeness (QED) is 0.321. The van der Waals surface area contributed by atoms with Crippen LogP contribution in [0.4, 0.5) is 9.18 Å². The van der Waals surface area contributed by atoms with Crippen molar-refractivity contribution in [3.8, 4) is 23.1 Å². The number of alkyl carbamates (subject to hydrolysis) is 1. The van der Waals surface area contributed by atoms with Gasteiger partial charge in [-0.25, -0.2) is 19.2 Å². The number of nitrogens with zero attached hydrogens (tertiary/aromatic N) is 6. The van der Waals surface area contributed by atoms with E-state index in [9.17, 15) is 9.18 Å². The SMILES string of the molecule is CC(C)(C)NC(=O)O[C@H](CO[Si](C)(C)C(C)(C)C)Cn1nnc(-c2ccc(Oc3ncc(Cl)cc3F)cn2)n1. The molecule has 39 heavy (non-hydrogen) atoms. The summed E-state index contributed by atoms with van der Waals surface area (Å²) in [6, 6.07) is 4.29. The molecule has 1 atom stereocenters. The average molecular weight is 580 g/mol. The molecule has 0 aliphatic heterocycles. The van der Waals surface area contributed by atoms with Crippen LogP contribution < -0.4 is 10.1 Å². The zero-order chi connectivity index (χ0) is 29.0. The Bertz CT molecular complexity index is 1280. The molecule has 0 saturated heterocycles. The third-order valence-corrected chi connectivity index (χ3v) is 10.7. The number of pyridine rings is 2. The molecule has 1 amide bonds. The van der Waals surface area contributed by atoms with Gasteiger partial charge in [0.2, 0.25) is 5.82 Å². The number of amides is 1. The number of ether oxygens (including phenoxy) is 2. The second-order valence-electron chi connectivity index (χ2n) is 11.6. The number of hydrogen-bond acceptors (Lipinski definition) is 9. The number of carbonyl (C=O) groups is 1. The first kappa shape index (κ1) is 30.4. The van der Waals surface area contributed by atoms with E-state index in [0.29, 0.717) is 5.69 Å². The molecule has 3 heterocycles. The van der Waals surface area contributed by atoms with Crippen molar-refractivity contribution in [2.24, 2.45) is 0 Å². The van der Waals surface area contributed by atoms with Crippen LogP contribution in [0.15, 0.2) is 30.6 Å². The van der Waals surface area contributed by atoms with Crippen LogP contribution in [0.25, 0.3) is 11.5 Å². The van der Waals surface area contributed by atoms with Gasteiger partial charge in [0.05, 0.1) is 17.8 Å². The average Bonchev–Trinajstić information content (AvgIpc) is 3.26. The number of nitrogens with one attached hydrogen (secondary N) is 1. The molecule has 11 nitrogen and oxygen atoms in total. The van der Waals surface area contributed by atoms with E-state index in [4.69, 9.17) is 25.5 Å². The van der Waals surface area contributed by atoms with Gasteiger partial charge in [-0.1, -0.05) is 32.4 Å². The van der Waals surface area contributed by atoms with E-state index in [0.717, 1.165) is 6.07 Å². The van der Waals surface area contributed by atoms with Crippen molar-refractivity contribution in [1.29, 1.82) is 0 Å². The van der Waals surface area contributed by atoms with E-state index in [1.165, 1.54) is 17.2 Å². The zero-order valence-corrected chi connectivity index (χ0v) is 25.2. The van der Waals surface area contributed by atoms with Gasteiger partial charge in [0.1, 0.15) is 24.1 Å². The lowest BCUT2D eigenvalue weighted by Crippen LogP contribution is -2.46. The van der Waals surface area contributed by atoms with Gasteiger partial charge in [-0.2, -0.15) is 4.80 Å². The third-order valence-electron chi connectivity index (χ3n) is 5.96. The summed E-state index contributed by atoms with van der Waals surface area (Å²) in [4.78, 5) is 21.9. The summed E-state index contributed by atoms with van der Waals surface area (Å²) in [7, 11) is -2.10. The molecule has 14 heteroatoms. The minimum atomic E-state index is -2.10. The van der Waals surface area contributed by atoms with Gasteiger partial charge in [0.25, 0.3) is 5.88 Å². The van der Waals surface area contributed by atoms with E-state index in [-0.39, 0.29) is 40.7 Å². The van der Waals surface area contributed by atoms with Gasteiger partial charge in [-0.3, -0.25) is 0 Å². The van der Waals surface area contributed by atoms with Gasteiger partial charge in [-0.15, -0.1) is 10.2 Å². The molecule has 0 fully saturated rings. The highest BCUT2D eigenvalue weighted by Gasteiger charge is 2.38. The summed E-state index contributed by atoms with van der Waals surface area (Å²) < 4.78 is 31.4. The Morgan fingerprint density at radius 3 is 2.46 bits per heavy atom. The largest absolute Gasteiger partial charge is 0.442 e. The van der Waals surface area contributed by atoms with Gasteiger partial charge >= 0.3 is 6.09 Å². The van der Waals surface area contributed by atoms with Gasteiger partial charge in [-0.05, 0) is 62.3 Å². The maximum absolute atomic E-state index is 14.0. The fourth-order valence-corrected chi connectivity index (χ4v) is 4.08. The smallest absolute Gasteiger partial charge is 0.407 e. The zero-order valence-electron chi connectivity index (χ0n) is 23.5. The van der Waals surface area contributed by atoms with Crippen LogP contribution in [0, 0.1) is 5.82 Å². The van der Waals surface area contributed by atoms with Crippen LogP contribution in [0.1, 0.15) is 41.5 Å². The summed E-state index contributed by atoms with van der Waals surface area (Å²) in [6.07, 6.45) is 1.46. The monoisotopic (exact) mass is 579 g/mol. The van der Waals surface area contributed by atoms with Gasteiger partial charge in [0.15, 0.2) is 14.1 Å². The number of aromatic nitrogens is 6. The predicted octanol–water partition coefficient (Wildman–Crippen LogP) is 5.63. The molecule has 3 rings (SSSR count). The van der Waals surface area contributed by atoms with Crippen LogP contribution in [-0.2, 0) is 15.7 Å². The van der Waals surface area contributed by atoms with E-state index < -0.39 is 31.9 Å². The standard InChI is InChI=1S/C25H35ClFN7O4Si/c1-24(2,3)30-23(35)38-18(15-36-39(7,8)25(4,5)6)14-34-32-21(31-33-34)20-10-9-17(13-28-20)37-22-19(27)11-16(26)12-29-22/h9-13,18H,14-15H2,1-8H3,(H,30,35)/t18-/m0/s1. The van der Waals surface area contributed by atoms with E-state index in [2.05, 4.69) is 64.6 Å². The summed E-state index contributed by atoms with van der Waals surface area (Å²) in [5.74, 6) is -0.400. The fourth-order valence-electron chi connectivity index (χ4n) is 2.90. The van der Waals surface area contributed by atoms with Crippen LogP contribution >= 0.6 is 11.6 Å². The third kappa shape index (κ3) is 8.94. The van der Waals surface area contributed by atoms with Crippen molar-refractivity contribution >= 4 is 26.0 Å². The number of tetrazole rings is 1. The van der Waals surface area contributed by atoms with Crippen molar-refractivity contribution in [2.45, 2.75) is 77.9 Å². The predicted molar refractivity (Wildman–Crippen MR) is 147 cm³/mol. The molecule has 0 aliphatic carbocycles. The minimum Gasteiger partial charge on any atom is -0.442 e. The molecule has 3 aromatic heterocycles.